The Kier molecular flexibility index (Phi) is 9.77. The number of hydrogen-bond donors (Lipinski definition) is 4. The Morgan fingerprint density at radius 1 is 1.07 bits per heavy atom. The third-order valence-corrected chi connectivity index (χ3v) is 3.95. The predicted molar refractivity (Wildman–Crippen MR) is 117 cm³/mol. The zero-order chi connectivity index (χ0) is 21.2. The van der Waals surface area contributed by atoms with Gasteiger partial charge in [-0.05, 0) is 37.1 Å². The van der Waals surface area contributed by atoms with Crippen LogP contribution < -0.4 is 22.1 Å². The van der Waals surface area contributed by atoms with Crippen LogP contribution in [0.1, 0.15) is 23.2 Å². The van der Waals surface area contributed by atoms with Crippen molar-refractivity contribution in [1.82, 2.24) is 5.32 Å². The largest absolute Gasteiger partial charge is 0.370 e. The van der Waals surface area contributed by atoms with Crippen LogP contribution in [0.4, 0.5) is 11.4 Å². The van der Waals surface area contributed by atoms with Gasteiger partial charge in [-0.3, -0.25) is 24.7 Å². The topological polar surface area (TPSA) is 166 Å². The lowest BCUT2D eigenvalue weighted by Gasteiger charge is -2.18. The second kappa shape index (κ2) is 12.0. The van der Waals surface area contributed by atoms with Crippen molar-refractivity contribution in [2.45, 2.75) is 18.9 Å². The molecule has 0 spiro atoms. The van der Waals surface area contributed by atoms with E-state index in [4.69, 9.17) is 11.5 Å². The van der Waals surface area contributed by atoms with E-state index in [1.54, 1.807) is 30.3 Å². The smallest absolute Gasteiger partial charge is 0.269 e. The van der Waals surface area contributed by atoms with Crippen LogP contribution in [0.5, 0.6) is 0 Å². The minimum absolute atomic E-state index is 0. The SMILES string of the molecule is Cl.NC(N)=NCCC[C@H](NC(=O)c1ccccc1)C(=O)Nc1ccc([N+](=O)[O-])cc1. The average molecular weight is 435 g/mol. The summed E-state index contributed by atoms with van der Waals surface area (Å²) in [5.74, 6) is -0.894. The van der Waals surface area contributed by atoms with E-state index >= 15 is 0 Å². The fourth-order valence-electron chi connectivity index (χ4n) is 2.50. The van der Waals surface area contributed by atoms with Gasteiger partial charge in [-0.2, -0.15) is 0 Å². The number of carbonyl (C=O) groups is 2. The summed E-state index contributed by atoms with van der Waals surface area (Å²) in [7, 11) is 0. The van der Waals surface area contributed by atoms with Gasteiger partial charge in [0, 0.05) is 29.9 Å². The molecule has 0 heterocycles. The highest BCUT2D eigenvalue weighted by Gasteiger charge is 2.21. The van der Waals surface area contributed by atoms with Crippen molar-refractivity contribution < 1.29 is 14.5 Å². The lowest BCUT2D eigenvalue weighted by Crippen LogP contribution is -2.44. The number of hydrogen-bond acceptors (Lipinski definition) is 5. The molecule has 2 amide bonds. The number of non-ortho nitro benzene ring substituents is 1. The number of halogens is 1. The van der Waals surface area contributed by atoms with Crippen molar-refractivity contribution in [2.24, 2.45) is 16.5 Å². The molecule has 160 valence electrons. The Labute approximate surface area is 179 Å². The van der Waals surface area contributed by atoms with Crippen LogP contribution in [0, 0.1) is 10.1 Å². The Morgan fingerprint density at radius 3 is 2.27 bits per heavy atom. The van der Waals surface area contributed by atoms with Crippen molar-refractivity contribution in [3.05, 3.63) is 70.3 Å². The Hall–Kier alpha value is -3.66. The number of rotatable bonds is 9. The molecule has 0 saturated heterocycles. The lowest BCUT2D eigenvalue weighted by molar-refractivity contribution is -0.384. The first kappa shape index (κ1) is 24.4. The van der Waals surface area contributed by atoms with E-state index in [1.165, 1.54) is 24.3 Å². The maximum Gasteiger partial charge on any atom is 0.269 e. The molecular weight excluding hydrogens is 412 g/mol. The maximum absolute atomic E-state index is 12.7. The van der Waals surface area contributed by atoms with E-state index in [9.17, 15) is 19.7 Å². The second-order valence-electron chi connectivity index (χ2n) is 6.13. The summed E-state index contributed by atoms with van der Waals surface area (Å²) in [5, 5.41) is 16.1. The number of nitrogens with two attached hydrogens (primary N) is 2. The van der Waals surface area contributed by atoms with Gasteiger partial charge in [0.2, 0.25) is 5.91 Å². The van der Waals surface area contributed by atoms with Gasteiger partial charge in [0.25, 0.3) is 11.6 Å². The van der Waals surface area contributed by atoms with E-state index in [2.05, 4.69) is 15.6 Å². The van der Waals surface area contributed by atoms with Crippen LogP contribution in [0.15, 0.2) is 59.6 Å². The van der Waals surface area contributed by atoms with Crippen LogP contribution in [0.2, 0.25) is 0 Å². The fraction of sp³-hybridized carbons (Fsp3) is 0.211. The van der Waals surface area contributed by atoms with Gasteiger partial charge in [-0.15, -0.1) is 12.4 Å². The fourth-order valence-corrected chi connectivity index (χ4v) is 2.50. The molecule has 1 atom stereocenters. The van der Waals surface area contributed by atoms with Crippen LogP contribution in [-0.4, -0.2) is 35.3 Å². The molecule has 0 aliphatic carbocycles. The van der Waals surface area contributed by atoms with E-state index in [-0.39, 0.29) is 24.1 Å². The molecule has 0 aliphatic heterocycles. The number of anilines is 1. The minimum Gasteiger partial charge on any atom is -0.370 e. The molecule has 2 aromatic carbocycles. The van der Waals surface area contributed by atoms with Crippen molar-refractivity contribution in [1.29, 1.82) is 0 Å². The summed E-state index contributed by atoms with van der Waals surface area (Å²) in [6, 6.07) is 13.1. The average Bonchev–Trinajstić information content (AvgIpc) is 2.71. The molecule has 11 heteroatoms. The molecule has 0 bridgehead atoms. The first-order valence-corrected chi connectivity index (χ1v) is 8.83. The number of nitro groups is 1. The number of nitro benzene ring substituents is 1. The number of benzene rings is 2. The molecule has 2 rings (SSSR count). The zero-order valence-electron chi connectivity index (χ0n) is 16.0. The molecule has 0 aliphatic rings. The highest BCUT2D eigenvalue weighted by Crippen LogP contribution is 2.16. The summed E-state index contributed by atoms with van der Waals surface area (Å²) in [6.07, 6.45) is 0.763. The summed E-state index contributed by atoms with van der Waals surface area (Å²) in [6.45, 7) is 0.310. The van der Waals surface area contributed by atoms with Crippen LogP contribution in [-0.2, 0) is 4.79 Å². The van der Waals surface area contributed by atoms with E-state index in [1.807, 2.05) is 0 Å². The highest BCUT2D eigenvalue weighted by atomic mass is 35.5. The van der Waals surface area contributed by atoms with Crippen LogP contribution in [0.25, 0.3) is 0 Å². The van der Waals surface area contributed by atoms with Crippen LogP contribution >= 0.6 is 12.4 Å². The molecule has 6 N–H and O–H groups in total. The highest BCUT2D eigenvalue weighted by molar-refractivity contribution is 6.01. The summed E-state index contributed by atoms with van der Waals surface area (Å²) < 4.78 is 0. The molecule has 0 fully saturated rings. The molecule has 0 unspecified atom stereocenters. The molecule has 0 radical (unpaired) electrons. The van der Waals surface area contributed by atoms with Crippen molar-refractivity contribution >= 4 is 41.6 Å². The van der Waals surface area contributed by atoms with Gasteiger partial charge in [0.15, 0.2) is 5.96 Å². The second-order valence-corrected chi connectivity index (χ2v) is 6.13. The normalized spacial score (nSPS) is 10.8. The molecule has 30 heavy (non-hydrogen) atoms. The van der Waals surface area contributed by atoms with Gasteiger partial charge >= 0.3 is 0 Å². The third kappa shape index (κ3) is 7.76. The Morgan fingerprint density at radius 2 is 1.70 bits per heavy atom. The zero-order valence-corrected chi connectivity index (χ0v) is 16.8. The molecule has 0 aromatic heterocycles. The standard InChI is InChI=1S/C19H22N6O4.ClH/c20-19(21)22-12-4-7-16(24-17(26)13-5-2-1-3-6-13)18(27)23-14-8-10-15(11-9-14)25(28)29;/h1-3,5-6,8-11,16H,4,7,12H2,(H,23,27)(H,24,26)(H4,20,21,22);1H/t16-;/m0./s1. The summed E-state index contributed by atoms with van der Waals surface area (Å²) in [5.41, 5.74) is 11.3. The maximum atomic E-state index is 12.7. The van der Waals surface area contributed by atoms with E-state index in [0.29, 0.717) is 30.6 Å². The van der Waals surface area contributed by atoms with Crippen LogP contribution in [0.3, 0.4) is 0 Å². The van der Waals surface area contributed by atoms with Crippen molar-refractivity contribution in [3.8, 4) is 0 Å². The minimum atomic E-state index is -0.841. The van der Waals surface area contributed by atoms with Gasteiger partial charge in [-0.1, -0.05) is 18.2 Å². The van der Waals surface area contributed by atoms with Crippen molar-refractivity contribution in [3.63, 3.8) is 0 Å². The van der Waals surface area contributed by atoms with Gasteiger partial charge in [0.05, 0.1) is 4.92 Å². The molecular formula is C19H23ClN6O4. The number of aliphatic imine (C=N–C) groups is 1. The Balaban J connectivity index is 0.00000450. The Bertz CT molecular complexity index is 886. The van der Waals surface area contributed by atoms with Gasteiger partial charge < -0.3 is 22.1 Å². The first-order valence-electron chi connectivity index (χ1n) is 8.83. The summed E-state index contributed by atoms with van der Waals surface area (Å²) in [4.78, 5) is 39.2. The van der Waals surface area contributed by atoms with E-state index in [0.717, 1.165) is 0 Å². The molecule has 0 saturated carbocycles. The number of nitrogens with zero attached hydrogens (tertiary/aromatic N) is 2. The number of amides is 2. The molecule has 10 nitrogen and oxygen atoms in total. The van der Waals surface area contributed by atoms with Gasteiger partial charge in [-0.25, -0.2) is 0 Å². The van der Waals surface area contributed by atoms with E-state index < -0.39 is 22.8 Å². The predicted octanol–water partition coefficient (Wildman–Crippen LogP) is 1.81. The quantitative estimate of drug-likeness (QED) is 0.154. The summed E-state index contributed by atoms with van der Waals surface area (Å²) >= 11 is 0. The monoisotopic (exact) mass is 434 g/mol. The number of guanidine groups is 1. The number of carbonyl (C=O) groups excluding carboxylic acids is 2. The lowest BCUT2D eigenvalue weighted by atomic mass is 10.1. The number of nitrogens with one attached hydrogen (secondary N) is 2. The van der Waals surface area contributed by atoms with Crippen molar-refractivity contribution in [2.75, 3.05) is 11.9 Å². The first-order chi connectivity index (χ1) is 13.9. The molecule has 2 aromatic rings. The third-order valence-electron chi connectivity index (χ3n) is 3.95. The van der Waals surface area contributed by atoms with Gasteiger partial charge in [0.1, 0.15) is 6.04 Å².